The van der Waals surface area contributed by atoms with Crippen LogP contribution in [0.1, 0.15) is 25.2 Å². The normalized spacial score (nSPS) is 13.7. The van der Waals surface area contributed by atoms with E-state index in [1.165, 1.54) is 4.31 Å². The third kappa shape index (κ3) is 4.26. The summed E-state index contributed by atoms with van der Waals surface area (Å²) < 4.78 is 26.3. The number of aryl methyl sites for hydroxylation is 1. The zero-order valence-electron chi connectivity index (χ0n) is 12.0. The predicted molar refractivity (Wildman–Crippen MR) is 77.4 cm³/mol. The molecular formula is C13H23N3O2S. The Hall–Kier alpha value is -0.980. The van der Waals surface area contributed by atoms with Crippen LogP contribution in [0.3, 0.4) is 0 Å². The first-order valence-electron chi connectivity index (χ1n) is 6.48. The Morgan fingerprint density at radius 1 is 1.42 bits per heavy atom. The summed E-state index contributed by atoms with van der Waals surface area (Å²) in [6.07, 6.45) is 0. The van der Waals surface area contributed by atoms with Crippen molar-refractivity contribution < 1.29 is 8.42 Å². The monoisotopic (exact) mass is 285 g/mol. The first kappa shape index (κ1) is 16.1. The van der Waals surface area contributed by atoms with Crippen molar-refractivity contribution in [2.45, 2.75) is 32.6 Å². The summed E-state index contributed by atoms with van der Waals surface area (Å²) in [6, 6.07) is 5.65. The maximum atomic E-state index is 12.4. The molecule has 0 saturated carbocycles. The van der Waals surface area contributed by atoms with Crippen LogP contribution >= 0.6 is 0 Å². The van der Waals surface area contributed by atoms with E-state index in [1.807, 2.05) is 32.0 Å². The maximum absolute atomic E-state index is 12.4. The molecule has 6 heteroatoms. The van der Waals surface area contributed by atoms with Crippen LogP contribution in [0.5, 0.6) is 0 Å². The van der Waals surface area contributed by atoms with Gasteiger partial charge in [-0.15, -0.1) is 0 Å². The fraction of sp³-hybridized carbons (Fsp3) is 0.615. The fourth-order valence-corrected chi connectivity index (χ4v) is 3.46. The molecular weight excluding hydrogens is 262 g/mol. The number of nitrogens with one attached hydrogen (secondary N) is 1. The van der Waals surface area contributed by atoms with Gasteiger partial charge < -0.3 is 5.32 Å². The van der Waals surface area contributed by atoms with Gasteiger partial charge in [-0.05, 0) is 33.0 Å². The molecule has 0 aliphatic rings. The van der Waals surface area contributed by atoms with Gasteiger partial charge in [0.2, 0.25) is 10.0 Å². The molecule has 1 heterocycles. The number of nitrogens with zero attached hydrogens (tertiary/aromatic N) is 2. The van der Waals surface area contributed by atoms with Crippen LogP contribution in [-0.4, -0.2) is 43.1 Å². The standard InChI is InChI=1S/C13H23N3O2S/c1-5-16(19(17,18)12(3)9-14-4)10-13-8-6-7-11(2)15-13/h6-8,12,14H,5,9-10H2,1-4H3. The molecule has 19 heavy (non-hydrogen) atoms. The van der Waals surface area contributed by atoms with E-state index in [0.29, 0.717) is 19.6 Å². The van der Waals surface area contributed by atoms with E-state index in [9.17, 15) is 8.42 Å². The Labute approximate surface area is 116 Å². The van der Waals surface area contributed by atoms with Crippen molar-refractivity contribution in [3.8, 4) is 0 Å². The molecule has 0 radical (unpaired) electrons. The molecule has 0 aliphatic heterocycles. The van der Waals surface area contributed by atoms with Crippen LogP contribution in [0, 0.1) is 6.92 Å². The second-order valence-electron chi connectivity index (χ2n) is 4.61. The summed E-state index contributed by atoms with van der Waals surface area (Å²) in [5.41, 5.74) is 1.68. The summed E-state index contributed by atoms with van der Waals surface area (Å²) >= 11 is 0. The zero-order chi connectivity index (χ0) is 14.5. The lowest BCUT2D eigenvalue weighted by Crippen LogP contribution is -2.41. The van der Waals surface area contributed by atoms with Crippen LogP contribution in [0.4, 0.5) is 0 Å². The highest BCUT2D eigenvalue weighted by atomic mass is 32.2. The highest BCUT2D eigenvalue weighted by Crippen LogP contribution is 2.12. The second kappa shape index (κ2) is 6.98. The summed E-state index contributed by atoms with van der Waals surface area (Å²) in [5, 5.41) is 2.46. The number of hydrogen-bond acceptors (Lipinski definition) is 4. The number of pyridine rings is 1. The van der Waals surface area contributed by atoms with E-state index in [2.05, 4.69) is 10.3 Å². The van der Waals surface area contributed by atoms with Crippen molar-refractivity contribution in [1.29, 1.82) is 0 Å². The highest BCUT2D eigenvalue weighted by Gasteiger charge is 2.27. The summed E-state index contributed by atoms with van der Waals surface area (Å²) in [4.78, 5) is 4.36. The van der Waals surface area contributed by atoms with Gasteiger partial charge in [-0.2, -0.15) is 4.31 Å². The van der Waals surface area contributed by atoms with E-state index >= 15 is 0 Å². The van der Waals surface area contributed by atoms with Crippen molar-refractivity contribution in [3.63, 3.8) is 0 Å². The van der Waals surface area contributed by atoms with E-state index < -0.39 is 15.3 Å². The first-order valence-corrected chi connectivity index (χ1v) is 7.98. The lowest BCUT2D eigenvalue weighted by Gasteiger charge is -2.24. The highest BCUT2D eigenvalue weighted by molar-refractivity contribution is 7.89. The van der Waals surface area contributed by atoms with Gasteiger partial charge in [0, 0.05) is 18.8 Å². The van der Waals surface area contributed by atoms with E-state index in [1.54, 1.807) is 14.0 Å². The minimum Gasteiger partial charge on any atom is -0.318 e. The van der Waals surface area contributed by atoms with E-state index in [-0.39, 0.29) is 0 Å². The van der Waals surface area contributed by atoms with Gasteiger partial charge in [-0.1, -0.05) is 13.0 Å². The lowest BCUT2D eigenvalue weighted by molar-refractivity contribution is 0.410. The average Bonchev–Trinajstić information content (AvgIpc) is 2.36. The van der Waals surface area contributed by atoms with Crippen molar-refractivity contribution >= 4 is 10.0 Å². The Morgan fingerprint density at radius 2 is 2.11 bits per heavy atom. The molecule has 0 aromatic carbocycles. The predicted octanol–water partition coefficient (Wildman–Crippen LogP) is 1.15. The lowest BCUT2D eigenvalue weighted by atomic mass is 10.3. The fourth-order valence-electron chi connectivity index (χ4n) is 1.90. The van der Waals surface area contributed by atoms with Crippen molar-refractivity contribution in [2.75, 3.05) is 20.1 Å². The molecule has 0 amide bonds. The first-order chi connectivity index (χ1) is 8.91. The van der Waals surface area contributed by atoms with Crippen LogP contribution in [-0.2, 0) is 16.6 Å². The zero-order valence-corrected chi connectivity index (χ0v) is 12.9. The second-order valence-corrected chi connectivity index (χ2v) is 6.96. The molecule has 0 spiro atoms. The van der Waals surface area contributed by atoms with Crippen LogP contribution < -0.4 is 5.32 Å². The molecule has 0 aliphatic carbocycles. The number of sulfonamides is 1. The number of aromatic nitrogens is 1. The number of hydrogen-bond donors (Lipinski definition) is 1. The topological polar surface area (TPSA) is 62.3 Å². The van der Waals surface area contributed by atoms with Crippen LogP contribution in [0.25, 0.3) is 0 Å². The van der Waals surface area contributed by atoms with Gasteiger partial charge in [-0.25, -0.2) is 8.42 Å². The smallest absolute Gasteiger partial charge is 0.218 e. The van der Waals surface area contributed by atoms with Crippen molar-refractivity contribution in [2.24, 2.45) is 0 Å². The molecule has 1 atom stereocenters. The molecule has 5 nitrogen and oxygen atoms in total. The third-order valence-electron chi connectivity index (χ3n) is 3.00. The Kier molecular flexibility index (Phi) is 5.90. The van der Waals surface area contributed by atoms with E-state index in [4.69, 9.17) is 0 Å². The van der Waals surface area contributed by atoms with Gasteiger partial charge in [0.1, 0.15) is 0 Å². The molecule has 0 saturated heterocycles. The Balaban J connectivity index is 2.89. The minimum absolute atomic E-state index is 0.328. The largest absolute Gasteiger partial charge is 0.318 e. The summed E-state index contributed by atoms with van der Waals surface area (Å²) in [6.45, 7) is 6.69. The average molecular weight is 285 g/mol. The Morgan fingerprint density at radius 3 is 2.63 bits per heavy atom. The minimum atomic E-state index is -3.29. The van der Waals surface area contributed by atoms with Gasteiger partial charge in [0.25, 0.3) is 0 Å². The molecule has 1 aromatic heterocycles. The van der Waals surface area contributed by atoms with Gasteiger partial charge in [-0.3, -0.25) is 4.98 Å². The van der Waals surface area contributed by atoms with Crippen LogP contribution in [0.2, 0.25) is 0 Å². The summed E-state index contributed by atoms with van der Waals surface area (Å²) in [7, 11) is -1.54. The molecule has 1 aromatic rings. The van der Waals surface area contributed by atoms with Crippen molar-refractivity contribution in [1.82, 2.24) is 14.6 Å². The van der Waals surface area contributed by atoms with Crippen LogP contribution in [0.15, 0.2) is 18.2 Å². The molecule has 0 fully saturated rings. The summed E-state index contributed by atoms with van der Waals surface area (Å²) in [5.74, 6) is 0. The van der Waals surface area contributed by atoms with Crippen molar-refractivity contribution in [3.05, 3.63) is 29.6 Å². The van der Waals surface area contributed by atoms with E-state index in [0.717, 1.165) is 11.4 Å². The molecule has 1 unspecified atom stereocenters. The molecule has 1 N–H and O–H groups in total. The molecule has 0 bridgehead atoms. The third-order valence-corrected chi connectivity index (χ3v) is 5.29. The Bertz CT molecular complexity index is 502. The molecule has 1 rings (SSSR count). The van der Waals surface area contributed by atoms with Gasteiger partial charge in [0.05, 0.1) is 17.5 Å². The molecule has 108 valence electrons. The quantitative estimate of drug-likeness (QED) is 0.816. The number of rotatable bonds is 7. The maximum Gasteiger partial charge on any atom is 0.218 e. The van der Waals surface area contributed by atoms with Gasteiger partial charge in [0.15, 0.2) is 0 Å². The van der Waals surface area contributed by atoms with Gasteiger partial charge >= 0.3 is 0 Å². The SMILES string of the molecule is CCN(Cc1cccc(C)n1)S(=O)(=O)C(C)CNC.